The van der Waals surface area contributed by atoms with Crippen molar-refractivity contribution in [2.24, 2.45) is 0 Å². The third-order valence-electron chi connectivity index (χ3n) is 3.25. The number of hydrogen-bond acceptors (Lipinski definition) is 4. The van der Waals surface area contributed by atoms with Gasteiger partial charge in [-0.3, -0.25) is 9.59 Å². The molecule has 1 aromatic heterocycles. The van der Waals surface area contributed by atoms with Crippen LogP contribution >= 0.6 is 0 Å². The molecule has 0 atom stereocenters. The van der Waals surface area contributed by atoms with Gasteiger partial charge in [-0.15, -0.1) is 10.2 Å². The van der Waals surface area contributed by atoms with Crippen molar-refractivity contribution in [2.75, 3.05) is 5.32 Å². The van der Waals surface area contributed by atoms with Crippen molar-refractivity contribution in [1.82, 2.24) is 10.2 Å². The van der Waals surface area contributed by atoms with Crippen molar-refractivity contribution in [3.8, 4) is 0 Å². The van der Waals surface area contributed by atoms with Crippen molar-refractivity contribution in [3.63, 3.8) is 0 Å². The second-order valence-electron chi connectivity index (χ2n) is 4.88. The Bertz CT molecular complexity index is 874. The van der Waals surface area contributed by atoms with Crippen molar-refractivity contribution >= 4 is 28.3 Å². The second-order valence-corrected chi connectivity index (χ2v) is 4.88. The van der Waals surface area contributed by atoms with Crippen molar-refractivity contribution in [1.29, 1.82) is 0 Å². The molecule has 22 heavy (non-hydrogen) atoms. The van der Waals surface area contributed by atoms with E-state index in [4.69, 9.17) is 0 Å². The SMILES string of the molecule is CC(=O)c1cccc(NC(=O)c2cc3ccccc3nn2)c1. The molecule has 1 heterocycles. The third-order valence-corrected chi connectivity index (χ3v) is 3.25. The fraction of sp³-hybridized carbons (Fsp3) is 0.0588. The number of hydrogen-bond donors (Lipinski definition) is 1. The molecule has 0 aliphatic heterocycles. The van der Waals surface area contributed by atoms with Crippen LogP contribution in [-0.4, -0.2) is 21.9 Å². The predicted octanol–water partition coefficient (Wildman–Crippen LogP) is 3.08. The number of nitrogens with zero attached hydrogens (tertiary/aromatic N) is 2. The maximum absolute atomic E-state index is 12.2. The molecule has 3 rings (SSSR count). The van der Waals surface area contributed by atoms with Crippen LogP contribution in [0.4, 0.5) is 5.69 Å². The summed E-state index contributed by atoms with van der Waals surface area (Å²) in [6.45, 7) is 1.48. The fourth-order valence-electron chi connectivity index (χ4n) is 2.11. The normalized spacial score (nSPS) is 10.4. The molecule has 0 aliphatic rings. The molecule has 2 aromatic carbocycles. The number of ketones is 1. The molecule has 0 bridgehead atoms. The first-order valence-electron chi connectivity index (χ1n) is 6.78. The van der Waals surface area contributed by atoms with Gasteiger partial charge in [-0.2, -0.15) is 0 Å². The smallest absolute Gasteiger partial charge is 0.276 e. The van der Waals surface area contributed by atoms with Gasteiger partial charge in [0.25, 0.3) is 5.91 Å². The molecule has 3 aromatic rings. The van der Waals surface area contributed by atoms with Gasteiger partial charge in [0.1, 0.15) is 0 Å². The van der Waals surface area contributed by atoms with Crippen LogP contribution in [0.15, 0.2) is 54.6 Å². The second kappa shape index (κ2) is 5.73. The van der Waals surface area contributed by atoms with Crippen LogP contribution in [-0.2, 0) is 0 Å². The summed E-state index contributed by atoms with van der Waals surface area (Å²) in [5.74, 6) is -0.416. The van der Waals surface area contributed by atoms with E-state index in [1.165, 1.54) is 6.92 Å². The number of anilines is 1. The number of carbonyl (C=O) groups is 2. The molecule has 1 amide bonds. The standard InChI is InChI=1S/C17H13N3O2/c1-11(21)12-6-4-7-14(9-12)18-17(22)16-10-13-5-2-3-8-15(13)19-20-16/h2-10H,1H3,(H,18,22). The molecule has 0 radical (unpaired) electrons. The van der Waals surface area contributed by atoms with Gasteiger partial charge in [-0.05, 0) is 31.2 Å². The van der Waals surface area contributed by atoms with Gasteiger partial charge < -0.3 is 5.32 Å². The summed E-state index contributed by atoms with van der Waals surface area (Å²) >= 11 is 0. The highest BCUT2D eigenvalue weighted by Gasteiger charge is 2.10. The summed E-state index contributed by atoms with van der Waals surface area (Å²) in [6.07, 6.45) is 0. The molecule has 0 aliphatic carbocycles. The summed E-state index contributed by atoms with van der Waals surface area (Å²) < 4.78 is 0. The number of fused-ring (bicyclic) bond motifs is 1. The van der Waals surface area contributed by atoms with E-state index in [9.17, 15) is 9.59 Å². The van der Waals surface area contributed by atoms with Gasteiger partial charge >= 0.3 is 0 Å². The van der Waals surface area contributed by atoms with Gasteiger partial charge in [0.15, 0.2) is 11.5 Å². The van der Waals surface area contributed by atoms with E-state index in [-0.39, 0.29) is 17.4 Å². The Balaban J connectivity index is 1.86. The van der Waals surface area contributed by atoms with Gasteiger partial charge in [-0.25, -0.2) is 0 Å². The van der Waals surface area contributed by atoms with Gasteiger partial charge in [0.2, 0.25) is 0 Å². The van der Waals surface area contributed by atoms with Crippen molar-refractivity contribution in [2.45, 2.75) is 6.92 Å². The summed E-state index contributed by atoms with van der Waals surface area (Å²) in [7, 11) is 0. The quantitative estimate of drug-likeness (QED) is 0.753. The van der Waals surface area contributed by atoms with E-state index in [2.05, 4.69) is 15.5 Å². The summed E-state index contributed by atoms with van der Waals surface area (Å²) in [5.41, 5.74) is 2.06. The molecule has 0 saturated carbocycles. The van der Waals surface area contributed by atoms with E-state index in [1.807, 2.05) is 24.3 Å². The largest absolute Gasteiger partial charge is 0.321 e. The Kier molecular flexibility index (Phi) is 3.62. The first kappa shape index (κ1) is 13.9. The zero-order valence-electron chi connectivity index (χ0n) is 11.9. The number of nitrogens with one attached hydrogen (secondary N) is 1. The average Bonchev–Trinajstić information content (AvgIpc) is 2.54. The lowest BCUT2D eigenvalue weighted by molar-refractivity contribution is 0.100. The van der Waals surface area contributed by atoms with Crippen LogP contribution in [0, 0.1) is 0 Å². The van der Waals surface area contributed by atoms with Gasteiger partial charge in [0, 0.05) is 16.6 Å². The Morgan fingerprint density at radius 2 is 1.77 bits per heavy atom. The van der Waals surface area contributed by atoms with E-state index in [0.717, 1.165) is 10.9 Å². The lowest BCUT2D eigenvalue weighted by atomic mass is 10.1. The molecule has 0 spiro atoms. The van der Waals surface area contributed by atoms with E-state index in [0.29, 0.717) is 11.3 Å². The fourth-order valence-corrected chi connectivity index (χ4v) is 2.11. The maximum atomic E-state index is 12.2. The molecule has 0 saturated heterocycles. The summed E-state index contributed by atoms with van der Waals surface area (Å²) in [6, 6.07) is 15.9. The minimum atomic E-state index is -0.362. The number of carbonyl (C=O) groups excluding carboxylic acids is 2. The zero-order valence-corrected chi connectivity index (χ0v) is 11.9. The lowest BCUT2D eigenvalue weighted by Gasteiger charge is -2.06. The Hall–Kier alpha value is -3.08. The van der Waals surface area contributed by atoms with Crippen LogP contribution in [0.25, 0.3) is 10.9 Å². The molecule has 1 N–H and O–H groups in total. The van der Waals surface area contributed by atoms with E-state index < -0.39 is 0 Å². The van der Waals surface area contributed by atoms with Crippen LogP contribution in [0.5, 0.6) is 0 Å². The Morgan fingerprint density at radius 1 is 0.955 bits per heavy atom. The summed E-state index contributed by atoms with van der Waals surface area (Å²) in [5, 5.41) is 11.5. The molecule has 0 fully saturated rings. The number of rotatable bonds is 3. The molecular formula is C17H13N3O2. The number of amides is 1. The van der Waals surface area contributed by atoms with E-state index >= 15 is 0 Å². The highest BCUT2D eigenvalue weighted by atomic mass is 16.2. The van der Waals surface area contributed by atoms with Crippen molar-refractivity contribution in [3.05, 3.63) is 65.9 Å². The van der Waals surface area contributed by atoms with Gasteiger partial charge in [0.05, 0.1) is 5.52 Å². The number of benzene rings is 2. The van der Waals surface area contributed by atoms with Gasteiger partial charge in [-0.1, -0.05) is 30.3 Å². The molecule has 0 unspecified atom stereocenters. The van der Waals surface area contributed by atoms with Crippen LogP contribution < -0.4 is 5.32 Å². The van der Waals surface area contributed by atoms with Crippen LogP contribution in [0.3, 0.4) is 0 Å². The zero-order chi connectivity index (χ0) is 15.5. The summed E-state index contributed by atoms with van der Waals surface area (Å²) in [4.78, 5) is 23.6. The first-order valence-corrected chi connectivity index (χ1v) is 6.78. The molecule has 5 nitrogen and oxygen atoms in total. The number of aromatic nitrogens is 2. The lowest BCUT2D eigenvalue weighted by Crippen LogP contribution is -2.14. The van der Waals surface area contributed by atoms with E-state index in [1.54, 1.807) is 30.3 Å². The van der Waals surface area contributed by atoms with Crippen molar-refractivity contribution < 1.29 is 9.59 Å². The predicted molar refractivity (Wildman–Crippen MR) is 83.9 cm³/mol. The topological polar surface area (TPSA) is 72.0 Å². The monoisotopic (exact) mass is 291 g/mol. The molecule has 5 heteroatoms. The molecular weight excluding hydrogens is 278 g/mol. The van der Waals surface area contributed by atoms with Crippen LogP contribution in [0.2, 0.25) is 0 Å². The molecule has 108 valence electrons. The minimum Gasteiger partial charge on any atom is -0.321 e. The highest BCUT2D eigenvalue weighted by Crippen LogP contribution is 2.14. The third kappa shape index (κ3) is 2.83. The first-order chi connectivity index (χ1) is 10.6. The average molecular weight is 291 g/mol. The van der Waals surface area contributed by atoms with Crippen LogP contribution in [0.1, 0.15) is 27.8 Å². The highest BCUT2D eigenvalue weighted by molar-refractivity contribution is 6.05. The Labute approximate surface area is 127 Å². The Morgan fingerprint density at radius 3 is 2.59 bits per heavy atom. The maximum Gasteiger partial charge on any atom is 0.276 e. The minimum absolute atomic E-state index is 0.0541. The number of Topliss-reactive ketones (excluding diaryl/α,β-unsaturated/α-hetero) is 1.